The van der Waals surface area contributed by atoms with Gasteiger partial charge in [0.05, 0.1) is 16.6 Å². The highest BCUT2D eigenvalue weighted by atomic mass is 16.3. The molecule has 0 unspecified atom stereocenters. The molecule has 0 bridgehead atoms. The summed E-state index contributed by atoms with van der Waals surface area (Å²) in [5, 5.41) is 11.4. The summed E-state index contributed by atoms with van der Waals surface area (Å²) in [6.45, 7) is 0. The number of benzene rings is 9. The molecule has 0 N–H and O–H groups in total. The molecule has 0 saturated carbocycles. The lowest BCUT2D eigenvalue weighted by molar-refractivity contribution is 0.670. The third kappa shape index (κ3) is 4.64. The number of hydrogen-bond donors (Lipinski definition) is 0. The van der Waals surface area contributed by atoms with E-state index in [4.69, 9.17) is 19.4 Å². The van der Waals surface area contributed by atoms with Crippen LogP contribution in [-0.4, -0.2) is 19.5 Å². The van der Waals surface area contributed by atoms with Crippen molar-refractivity contribution in [2.75, 3.05) is 0 Å². The molecule has 0 radical (unpaired) electrons. The molecule has 0 aliphatic carbocycles. The van der Waals surface area contributed by atoms with Crippen LogP contribution in [0.3, 0.4) is 0 Å². The van der Waals surface area contributed by atoms with Crippen molar-refractivity contribution >= 4 is 76.1 Å². The average Bonchev–Trinajstić information content (AvgIpc) is 3.81. The standard InChI is InChI=1S/C51H30N4O/c1-2-13-31(14-3-1)42-29-36(27-35-18-7-8-19-37(35)42)49-52-50(41-23-12-22-39-43-28-33-16-4-5-17-34(33)30-46(43)56-48(39)41)54-51(53-49)55-44-24-11-10-21-40(44)47-38-20-9-6-15-32(38)25-26-45(47)55/h1-30H. The highest BCUT2D eigenvalue weighted by Gasteiger charge is 2.22. The summed E-state index contributed by atoms with van der Waals surface area (Å²) in [6.07, 6.45) is 0. The molecule has 3 heterocycles. The van der Waals surface area contributed by atoms with Crippen LogP contribution in [0.4, 0.5) is 0 Å². The maximum atomic E-state index is 6.74. The van der Waals surface area contributed by atoms with Crippen molar-refractivity contribution in [1.82, 2.24) is 19.5 Å². The Kier molecular flexibility index (Phi) is 6.56. The van der Waals surface area contributed by atoms with Gasteiger partial charge in [-0.05, 0) is 85.9 Å². The van der Waals surface area contributed by atoms with E-state index in [-0.39, 0.29) is 0 Å². The third-order valence-corrected chi connectivity index (χ3v) is 11.2. The molecule has 0 fully saturated rings. The quantitative estimate of drug-likeness (QED) is 0.182. The fourth-order valence-corrected chi connectivity index (χ4v) is 8.62. The van der Waals surface area contributed by atoms with Crippen LogP contribution in [0.5, 0.6) is 0 Å². The lowest BCUT2D eigenvalue weighted by Crippen LogP contribution is -2.06. The molecule has 5 heteroatoms. The minimum Gasteiger partial charge on any atom is -0.455 e. The molecule has 0 amide bonds. The van der Waals surface area contributed by atoms with Gasteiger partial charge in [-0.3, -0.25) is 4.57 Å². The lowest BCUT2D eigenvalue weighted by Gasteiger charge is -2.13. The zero-order valence-corrected chi connectivity index (χ0v) is 30.0. The van der Waals surface area contributed by atoms with Gasteiger partial charge < -0.3 is 4.42 Å². The van der Waals surface area contributed by atoms with Gasteiger partial charge in [0.15, 0.2) is 11.6 Å². The van der Waals surface area contributed by atoms with E-state index in [2.05, 4.69) is 187 Å². The van der Waals surface area contributed by atoms with E-state index >= 15 is 0 Å². The van der Waals surface area contributed by atoms with E-state index in [0.717, 1.165) is 71.4 Å². The van der Waals surface area contributed by atoms with E-state index < -0.39 is 0 Å². The summed E-state index contributed by atoms with van der Waals surface area (Å²) in [4.78, 5) is 16.0. The van der Waals surface area contributed by atoms with Gasteiger partial charge in [-0.2, -0.15) is 9.97 Å². The SMILES string of the molecule is c1ccc(-c2cc(-c3nc(-c4cccc5c4oc4cc6ccccc6cc45)nc(-n4c5ccccc5c5c6ccccc6ccc54)n3)cc3ccccc23)cc1. The predicted molar refractivity (Wildman–Crippen MR) is 230 cm³/mol. The van der Waals surface area contributed by atoms with Crippen LogP contribution in [0.1, 0.15) is 0 Å². The Morgan fingerprint density at radius 2 is 1.05 bits per heavy atom. The molecule has 0 atom stereocenters. The van der Waals surface area contributed by atoms with Gasteiger partial charge in [-0.1, -0.05) is 140 Å². The van der Waals surface area contributed by atoms with E-state index in [1.807, 2.05) is 0 Å². The highest BCUT2D eigenvalue weighted by Crippen LogP contribution is 2.40. The van der Waals surface area contributed by atoms with Crippen LogP contribution in [0.15, 0.2) is 186 Å². The van der Waals surface area contributed by atoms with E-state index in [1.54, 1.807) is 0 Å². The number of para-hydroxylation sites is 2. The number of rotatable bonds is 4. The average molecular weight is 715 g/mol. The van der Waals surface area contributed by atoms with Gasteiger partial charge in [0, 0.05) is 27.1 Å². The number of nitrogens with zero attached hydrogens (tertiary/aromatic N) is 4. The van der Waals surface area contributed by atoms with Gasteiger partial charge in [0.2, 0.25) is 5.95 Å². The summed E-state index contributed by atoms with van der Waals surface area (Å²) in [5.41, 5.74) is 7.61. The van der Waals surface area contributed by atoms with Gasteiger partial charge in [-0.15, -0.1) is 0 Å². The number of fused-ring (bicyclic) bond motifs is 10. The summed E-state index contributed by atoms with van der Waals surface area (Å²) in [6, 6.07) is 63.9. The Balaban J connectivity index is 1.18. The Morgan fingerprint density at radius 1 is 0.375 bits per heavy atom. The minimum atomic E-state index is 0.541. The lowest BCUT2D eigenvalue weighted by atomic mass is 9.95. The molecule has 260 valence electrons. The molecular formula is C51H30N4O. The molecule has 12 rings (SSSR count). The summed E-state index contributed by atoms with van der Waals surface area (Å²) in [5.74, 6) is 1.67. The van der Waals surface area contributed by atoms with Gasteiger partial charge in [0.25, 0.3) is 0 Å². The van der Waals surface area contributed by atoms with Crippen LogP contribution in [0, 0.1) is 0 Å². The number of aromatic nitrogens is 4. The topological polar surface area (TPSA) is 56.7 Å². The second-order valence-electron chi connectivity index (χ2n) is 14.4. The monoisotopic (exact) mass is 714 g/mol. The van der Waals surface area contributed by atoms with Crippen molar-refractivity contribution < 1.29 is 4.42 Å². The van der Waals surface area contributed by atoms with E-state index in [1.165, 1.54) is 26.9 Å². The second kappa shape index (κ2) is 11.9. The summed E-state index contributed by atoms with van der Waals surface area (Å²) in [7, 11) is 0. The van der Waals surface area contributed by atoms with E-state index in [9.17, 15) is 0 Å². The van der Waals surface area contributed by atoms with Crippen LogP contribution in [0.2, 0.25) is 0 Å². The Morgan fingerprint density at radius 3 is 1.91 bits per heavy atom. The predicted octanol–water partition coefficient (Wildman–Crippen LogP) is 13.3. The number of hydrogen-bond acceptors (Lipinski definition) is 4. The van der Waals surface area contributed by atoms with Gasteiger partial charge >= 0.3 is 0 Å². The first-order valence-corrected chi connectivity index (χ1v) is 18.9. The molecule has 0 saturated heterocycles. The minimum absolute atomic E-state index is 0.541. The van der Waals surface area contributed by atoms with Crippen LogP contribution in [-0.2, 0) is 0 Å². The van der Waals surface area contributed by atoms with Crippen LogP contribution < -0.4 is 0 Å². The molecule has 0 spiro atoms. The molecule has 0 aliphatic heterocycles. The van der Waals surface area contributed by atoms with Crippen molar-refractivity contribution in [3.63, 3.8) is 0 Å². The van der Waals surface area contributed by atoms with Crippen LogP contribution >= 0.6 is 0 Å². The van der Waals surface area contributed by atoms with Crippen molar-refractivity contribution in [2.45, 2.75) is 0 Å². The van der Waals surface area contributed by atoms with Crippen molar-refractivity contribution in [1.29, 1.82) is 0 Å². The van der Waals surface area contributed by atoms with Crippen LogP contribution in [0.25, 0.3) is 116 Å². The first-order valence-electron chi connectivity index (χ1n) is 18.9. The fourth-order valence-electron chi connectivity index (χ4n) is 8.62. The maximum Gasteiger partial charge on any atom is 0.238 e. The smallest absolute Gasteiger partial charge is 0.238 e. The summed E-state index contributed by atoms with van der Waals surface area (Å²) < 4.78 is 8.93. The van der Waals surface area contributed by atoms with Gasteiger partial charge in [0.1, 0.15) is 11.2 Å². The largest absolute Gasteiger partial charge is 0.455 e. The maximum absolute atomic E-state index is 6.74. The first kappa shape index (κ1) is 30.8. The van der Waals surface area contributed by atoms with Crippen molar-refractivity contribution in [3.05, 3.63) is 182 Å². The molecule has 5 nitrogen and oxygen atoms in total. The first-order chi connectivity index (χ1) is 27.7. The highest BCUT2D eigenvalue weighted by molar-refractivity contribution is 6.21. The van der Waals surface area contributed by atoms with E-state index in [0.29, 0.717) is 17.6 Å². The second-order valence-corrected chi connectivity index (χ2v) is 14.4. The summed E-state index contributed by atoms with van der Waals surface area (Å²) >= 11 is 0. The molecular weight excluding hydrogens is 685 g/mol. The zero-order chi connectivity index (χ0) is 36.7. The normalized spacial score (nSPS) is 11.9. The fraction of sp³-hybridized carbons (Fsp3) is 0. The Hall–Kier alpha value is -7.63. The Bertz CT molecular complexity index is 3540. The molecule has 9 aromatic carbocycles. The molecule has 56 heavy (non-hydrogen) atoms. The van der Waals surface area contributed by atoms with Gasteiger partial charge in [-0.25, -0.2) is 4.98 Å². The molecule has 3 aromatic heterocycles. The zero-order valence-electron chi connectivity index (χ0n) is 30.0. The molecule has 12 aromatic rings. The Labute approximate surface area is 320 Å². The van der Waals surface area contributed by atoms with Crippen molar-refractivity contribution in [2.24, 2.45) is 0 Å². The van der Waals surface area contributed by atoms with Crippen molar-refractivity contribution in [3.8, 4) is 39.9 Å². The third-order valence-electron chi connectivity index (χ3n) is 11.2. The molecule has 0 aliphatic rings. The number of furan rings is 1.